The first-order valence-corrected chi connectivity index (χ1v) is 12.2. The molecule has 1 N–H and O–H groups in total. The maximum atomic E-state index is 14.2. The lowest BCUT2D eigenvalue weighted by Crippen LogP contribution is -2.54. The Kier molecular flexibility index (Phi) is 4.79. The Morgan fingerprint density at radius 3 is 2.69 bits per heavy atom. The van der Waals surface area contributed by atoms with Crippen LogP contribution in [0.1, 0.15) is 36.5 Å². The number of hydrogen-bond acceptors (Lipinski definition) is 7. The van der Waals surface area contributed by atoms with Gasteiger partial charge >= 0.3 is 5.69 Å². The van der Waals surface area contributed by atoms with Crippen LogP contribution in [0, 0.1) is 28.9 Å². The van der Waals surface area contributed by atoms with Crippen molar-refractivity contribution in [3.05, 3.63) is 57.1 Å². The number of nitrogens with zero attached hydrogens (tertiary/aromatic N) is 3. The Labute approximate surface area is 207 Å². The zero-order valence-electron chi connectivity index (χ0n) is 20.2. The van der Waals surface area contributed by atoms with Crippen molar-refractivity contribution in [1.82, 2.24) is 4.90 Å². The molecule has 2 aromatic carbocycles. The number of carbonyl (C=O) groups is 3. The Hall–Kier alpha value is -3.79. The first-order valence-electron chi connectivity index (χ1n) is 12.2. The summed E-state index contributed by atoms with van der Waals surface area (Å²) < 4.78 is 5.21. The fraction of sp³-hybridized carbons (Fsp3) is 0.423. The fourth-order valence-corrected chi connectivity index (χ4v) is 7.03. The van der Waals surface area contributed by atoms with Gasteiger partial charge in [-0.1, -0.05) is 25.1 Å². The number of hydrogen-bond donors (Lipinski definition) is 1. The van der Waals surface area contributed by atoms with E-state index >= 15 is 0 Å². The molecule has 0 unspecified atom stereocenters. The maximum absolute atomic E-state index is 14.2. The summed E-state index contributed by atoms with van der Waals surface area (Å²) in [6, 6.07) is 8.21. The number of para-hydroxylation sites is 1. The van der Waals surface area contributed by atoms with Crippen molar-refractivity contribution in [2.45, 2.75) is 44.7 Å². The van der Waals surface area contributed by atoms with Crippen molar-refractivity contribution in [1.29, 1.82) is 0 Å². The zero-order valence-corrected chi connectivity index (χ0v) is 20.2. The highest BCUT2D eigenvalue weighted by Crippen LogP contribution is 2.61. The van der Waals surface area contributed by atoms with Crippen molar-refractivity contribution in [2.24, 2.45) is 11.8 Å². The van der Waals surface area contributed by atoms with Crippen molar-refractivity contribution in [3.8, 4) is 5.75 Å². The summed E-state index contributed by atoms with van der Waals surface area (Å²) in [5, 5.41) is 14.5. The van der Waals surface area contributed by atoms with Gasteiger partial charge in [0.05, 0.1) is 29.6 Å². The molecular formula is C26H26N4O6. The van der Waals surface area contributed by atoms with Gasteiger partial charge in [-0.3, -0.25) is 29.4 Å². The van der Waals surface area contributed by atoms with E-state index in [1.165, 1.54) is 19.2 Å². The van der Waals surface area contributed by atoms with Crippen LogP contribution in [0.3, 0.4) is 0 Å². The molecule has 0 aliphatic carbocycles. The van der Waals surface area contributed by atoms with E-state index in [4.69, 9.17) is 4.74 Å². The van der Waals surface area contributed by atoms with E-state index < -0.39 is 28.2 Å². The molecule has 10 nitrogen and oxygen atoms in total. The molecule has 1 spiro atoms. The second-order valence-corrected chi connectivity index (χ2v) is 9.90. The van der Waals surface area contributed by atoms with Crippen molar-refractivity contribution in [3.63, 3.8) is 0 Å². The number of benzene rings is 2. The van der Waals surface area contributed by atoms with Gasteiger partial charge in [0.15, 0.2) is 5.75 Å². The molecule has 2 aromatic rings. The third-order valence-electron chi connectivity index (χ3n) is 8.43. The summed E-state index contributed by atoms with van der Waals surface area (Å²) in [6.45, 7) is 4.27. The molecular weight excluding hydrogens is 464 g/mol. The van der Waals surface area contributed by atoms with Crippen LogP contribution in [0.25, 0.3) is 0 Å². The monoisotopic (exact) mass is 490 g/mol. The number of nitro groups is 1. The number of fused-ring (bicyclic) bond motifs is 7. The van der Waals surface area contributed by atoms with E-state index in [0.717, 1.165) is 34.6 Å². The van der Waals surface area contributed by atoms with Crippen LogP contribution in [0.15, 0.2) is 30.3 Å². The smallest absolute Gasteiger partial charge is 0.311 e. The molecule has 3 saturated heterocycles. The van der Waals surface area contributed by atoms with E-state index in [2.05, 4.69) is 10.2 Å². The number of carbonyl (C=O) groups excluding carboxylic acids is 3. The van der Waals surface area contributed by atoms with Crippen LogP contribution < -0.4 is 15.0 Å². The molecule has 10 heteroatoms. The summed E-state index contributed by atoms with van der Waals surface area (Å²) in [5.74, 6) is -2.69. The quantitative estimate of drug-likeness (QED) is 0.397. The largest absolute Gasteiger partial charge is 0.490 e. The first kappa shape index (κ1) is 22.7. The molecule has 186 valence electrons. The average molecular weight is 491 g/mol. The minimum atomic E-state index is -1.26. The molecule has 3 fully saturated rings. The molecule has 0 radical (unpaired) electrons. The summed E-state index contributed by atoms with van der Waals surface area (Å²) in [5.41, 5.74) is 1.64. The Morgan fingerprint density at radius 1 is 1.22 bits per heavy atom. The van der Waals surface area contributed by atoms with Crippen molar-refractivity contribution < 1.29 is 24.0 Å². The van der Waals surface area contributed by atoms with Crippen LogP contribution in [0.2, 0.25) is 0 Å². The summed E-state index contributed by atoms with van der Waals surface area (Å²) in [7, 11) is 1.31. The molecule has 0 bridgehead atoms. The van der Waals surface area contributed by atoms with Gasteiger partial charge in [-0.2, -0.15) is 0 Å². The molecule has 4 aliphatic rings. The second kappa shape index (κ2) is 7.60. The highest BCUT2D eigenvalue weighted by Gasteiger charge is 2.74. The van der Waals surface area contributed by atoms with Crippen LogP contribution in [-0.2, 0) is 26.3 Å². The standard InChI is InChI=1S/C26H26N4O6/c1-4-14-7-5-8-15-22(14)27-25(33)26(15)21-20(16-9-6-10-28(16)26)23(31)29(24(21)32)17-12-19(36-3)18(30(34)35)11-13(17)2/h5,7-8,11-12,16,20-21H,4,6,9-10H2,1-3H3,(H,27,33)/t16-,20+,21+,26+/m1/s1. The van der Waals surface area contributed by atoms with E-state index in [1.54, 1.807) is 6.92 Å². The van der Waals surface area contributed by atoms with Crippen LogP contribution in [0.4, 0.5) is 17.1 Å². The SMILES string of the molecule is CCc1cccc2c1NC(=O)[C@@]21[C@@H]2C(=O)N(c3cc(OC)c([N+](=O)[O-])cc3C)C(=O)[C@H]2[C@H]2CCCN21. The third-order valence-corrected chi connectivity index (χ3v) is 8.43. The lowest BCUT2D eigenvalue weighted by Gasteiger charge is -2.36. The molecule has 0 saturated carbocycles. The summed E-state index contributed by atoms with van der Waals surface area (Å²) >= 11 is 0. The predicted molar refractivity (Wildman–Crippen MR) is 130 cm³/mol. The lowest BCUT2D eigenvalue weighted by molar-refractivity contribution is -0.385. The van der Waals surface area contributed by atoms with Gasteiger partial charge < -0.3 is 10.1 Å². The number of imide groups is 1. The summed E-state index contributed by atoms with van der Waals surface area (Å²) in [4.78, 5) is 56.2. The van der Waals surface area contributed by atoms with Crippen molar-refractivity contribution >= 4 is 34.8 Å². The Bertz CT molecular complexity index is 1370. The zero-order chi connectivity index (χ0) is 25.5. The number of aryl methyl sites for hydroxylation is 2. The molecule has 3 amide bonds. The lowest BCUT2D eigenvalue weighted by atomic mass is 9.75. The number of anilines is 2. The van der Waals surface area contributed by atoms with Gasteiger partial charge in [-0.15, -0.1) is 0 Å². The number of amides is 3. The maximum Gasteiger partial charge on any atom is 0.311 e. The highest BCUT2D eigenvalue weighted by atomic mass is 16.6. The van der Waals surface area contributed by atoms with E-state index in [1.807, 2.05) is 25.1 Å². The molecule has 0 aromatic heterocycles. The minimum absolute atomic E-state index is 0.0352. The molecule has 4 aliphatic heterocycles. The molecule has 6 rings (SSSR count). The van der Waals surface area contributed by atoms with Crippen LogP contribution in [0.5, 0.6) is 5.75 Å². The normalized spacial score (nSPS) is 28.5. The Balaban J connectivity index is 1.54. The molecule has 4 atom stereocenters. The topological polar surface area (TPSA) is 122 Å². The van der Waals surface area contributed by atoms with E-state index in [0.29, 0.717) is 18.5 Å². The highest BCUT2D eigenvalue weighted by molar-refractivity contribution is 6.26. The van der Waals surface area contributed by atoms with E-state index in [9.17, 15) is 24.5 Å². The number of nitro benzene ring substituents is 1. The third kappa shape index (κ3) is 2.57. The van der Waals surface area contributed by atoms with E-state index in [-0.39, 0.29) is 35.0 Å². The van der Waals surface area contributed by atoms with Gasteiger partial charge in [-0.25, -0.2) is 4.90 Å². The van der Waals surface area contributed by atoms with Gasteiger partial charge in [0.1, 0.15) is 5.54 Å². The van der Waals surface area contributed by atoms with Crippen LogP contribution in [-0.4, -0.2) is 47.2 Å². The van der Waals surface area contributed by atoms with Crippen LogP contribution >= 0.6 is 0 Å². The summed E-state index contributed by atoms with van der Waals surface area (Å²) in [6.07, 6.45) is 2.27. The van der Waals surface area contributed by atoms with Gasteiger partial charge in [0, 0.05) is 29.4 Å². The number of rotatable bonds is 4. The predicted octanol–water partition coefficient (Wildman–Crippen LogP) is 2.91. The van der Waals surface area contributed by atoms with Gasteiger partial charge in [0.2, 0.25) is 17.7 Å². The molecule has 4 heterocycles. The average Bonchev–Trinajstić information content (AvgIpc) is 3.57. The Morgan fingerprint density at radius 2 is 2.00 bits per heavy atom. The first-order chi connectivity index (χ1) is 17.3. The van der Waals surface area contributed by atoms with Gasteiger partial charge in [0.25, 0.3) is 0 Å². The number of nitrogens with one attached hydrogen (secondary N) is 1. The number of ether oxygens (including phenoxy) is 1. The fourth-order valence-electron chi connectivity index (χ4n) is 7.03. The number of methoxy groups -OCH3 is 1. The van der Waals surface area contributed by atoms with Crippen molar-refractivity contribution in [2.75, 3.05) is 23.9 Å². The van der Waals surface area contributed by atoms with Gasteiger partial charge in [-0.05, 0) is 43.9 Å². The second-order valence-electron chi connectivity index (χ2n) is 9.90. The molecule has 36 heavy (non-hydrogen) atoms. The minimum Gasteiger partial charge on any atom is -0.490 e.